The van der Waals surface area contributed by atoms with Gasteiger partial charge >= 0.3 is 0 Å². The van der Waals surface area contributed by atoms with Crippen LogP contribution in [0.3, 0.4) is 0 Å². The first-order chi connectivity index (χ1) is 10.6. The summed E-state index contributed by atoms with van der Waals surface area (Å²) in [5.41, 5.74) is 0.119. The van der Waals surface area contributed by atoms with Gasteiger partial charge < -0.3 is 4.74 Å². The first-order valence-corrected chi connectivity index (χ1v) is 9.03. The van der Waals surface area contributed by atoms with E-state index in [2.05, 4.69) is 9.97 Å². The van der Waals surface area contributed by atoms with Gasteiger partial charge in [0.25, 0.3) is 5.88 Å². The molecule has 0 spiro atoms. The fraction of sp³-hybridized carbons (Fsp3) is 0.643. The summed E-state index contributed by atoms with van der Waals surface area (Å²) >= 11 is 0. The molecule has 0 saturated carbocycles. The molecule has 22 heavy (non-hydrogen) atoms. The molecule has 1 unspecified atom stereocenters. The Morgan fingerprint density at radius 1 is 1.45 bits per heavy atom. The zero-order valence-electron chi connectivity index (χ0n) is 12.6. The Kier molecular flexibility index (Phi) is 5.69. The average Bonchev–Trinajstić information content (AvgIpc) is 2.54. The molecular formula is C14H20N4O3S. The zero-order valence-corrected chi connectivity index (χ0v) is 13.4. The lowest BCUT2D eigenvalue weighted by Crippen LogP contribution is -2.45. The fourth-order valence-electron chi connectivity index (χ4n) is 2.36. The SMILES string of the molecule is CCCCS(=O)(=O)N1CCCC(Oc2nccnc2C#N)C1. The van der Waals surface area contributed by atoms with Crippen LogP contribution in [0.5, 0.6) is 5.88 Å². The Hall–Kier alpha value is -1.72. The Labute approximate surface area is 131 Å². The molecule has 0 aliphatic carbocycles. The van der Waals surface area contributed by atoms with Gasteiger partial charge in [-0.3, -0.25) is 0 Å². The van der Waals surface area contributed by atoms with Gasteiger partial charge in [-0.1, -0.05) is 13.3 Å². The second kappa shape index (κ2) is 7.51. The van der Waals surface area contributed by atoms with Crippen molar-refractivity contribution in [2.45, 2.75) is 38.7 Å². The number of rotatable bonds is 6. The number of hydrogen-bond donors (Lipinski definition) is 0. The summed E-state index contributed by atoms with van der Waals surface area (Å²) in [6.07, 6.45) is 5.56. The molecule has 0 amide bonds. The van der Waals surface area contributed by atoms with Crippen molar-refractivity contribution in [3.8, 4) is 11.9 Å². The second-order valence-corrected chi connectivity index (χ2v) is 7.32. The highest BCUT2D eigenvalue weighted by Crippen LogP contribution is 2.20. The maximum atomic E-state index is 12.3. The number of nitriles is 1. The molecule has 2 rings (SSSR count). The minimum absolute atomic E-state index is 0.119. The van der Waals surface area contributed by atoms with Crippen molar-refractivity contribution in [1.29, 1.82) is 5.26 Å². The summed E-state index contributed by atoms with van der Waals surface area (Å²) in [4.78, 5) is 7.90. The van der Waals surface area contributed by atoms with Crippen LogP contribution in [0, 0.1) is 11.3 Å². The van der Waals surface area contributed by atoms with Crippen LogP contribution in [-0.2, 0) is 10.0 Å². The van der Waals surface area contributed by atoms with Crippen molar-refractivity contribution in [3.63, 3.8) is 0 Å². The lowest BCUT2D eigenvalue weighted by Gasteiger charge is -2.31. The van der Waals surface area contributed by atoms with E-state index in [-0.39, 0.29) is 23.4 Å². The van der Waals surface area contributed by atoms with E-state index in [1.165, 1.54) is 16.7 Å². The van der Waals surface area contributed by atoms with E-state index >= 15 is 0 Å². The normalized spacial score (nSPS) is 19.5. The van der Waals surface area contributed by atoms with Crippen molar-refractivity contribution in [1.82, 2.24) is 14.3 Å². The number of sulfonamides is 1. The van der Waals surface area contributed by atoms with E-state index in [0.29, 0.717) is 19.5 Å². The minimum Gasteiger partial charge on any atom is -0.471 e. The third kappa shape index (κ3) is 4.15. The molecule has 1 aromatic rings. The maximum absolute atomic E-state index is 12.3. The zero-order chi connectivity index (χ0) is 16.0. The lowest BCUT2D eigenvalue weighted by atomic mass is 10.1. The molecule has 0 aromatic carbocycles. The molecule has 0 N–H and O–H groups in total. The summed E-state index contributed by atoms with van der Waals surface area (Å²) in [7, 11) is -3.23. The predicted molar refractivity (Wildman–Crippen MR) is 80.7 cm³/mol. The molecule has 1 fully saturated rings. The largest absolute Gasteiger partial charge is 0.471 e. The van der Waals surface area contributed by atoms with Crippen molar-refractivity contribution in [2.75, 3.05) is 18.8 Å². The maximum Gasteiger partial charge on any atom is 0.251 e. The lowest BCUT2D eigenvalue weighted by molar-refractivity contribution is 0.124. The van der Waals surface area contributed by atoms with Crippen molar-refractivity contribution in [3.05, 3.63) is 18.1 Å². The molecule has 1 saturated heterocycles. The van der Waals surface area contributed by atoms with Crippen LogP contribution >= 0.6 is 0 Å². The van der Waals surface area contributed by atoms with Gasteiger partial charge in [-0.2, -0.15) is 9.57 Å². The topological polar surface area (TPSA) is 96.2 Å². The highest BCUT2D eigenvalue weighted by Gasteiger charge is 2.30. The van der Waals surface area contributed by atoms with E-state index in [0.717, 1.165) is 19.3 Å². The van der Waals surface area contributed by atoms with E-state index < -0.39 is 10.0 Å². The first kappa shape index (κ1) is 16.6. The van der Waals surface area contributed by atoms with Gasteiger partial charge in [0.05, 0.1) is 12.3 Å². The van der Waals surface area contributed by atoms with Crippen LogP contribution in [0.1, 0.15) is 38.3 Å². The Morgan fingerprint density at radius 3 is 2.95 bits per heavy atom. The molecule has 1 atom stereocenters. The molecule has 1 aliphatic rings. The molecule has 2 heterocycles. The second-order valence-electron chi connectivity index (χ2n) is 5.23. The van der Waals surface area contributed by atoms with Crippen LogP contribution in [-0.4, -0.2) is 47.6 Å². The number of hydrogen-bond acceptors (Lipinski definition) is 6. The summed E-state index contributed by atoms with van der Waals surface area (Å²) in [6, 6.07) is 1.92. The molecular weight excluding hydrogens is 304 g/mol. The third-order valence-corrected chi connectivity index (χ3v) is 5.46. The van der Waals surface area contributed by atoms with Gasteiger partial charge in [0, 0.05) is 18.9 Å². The molecule has 7 nitrogen and oxygen atoms in total. The minimum atomic E-state index is -3.23. The van der Waals surface area contributed by atoms with Crippen LogP contribution < -0.4 is 4.74 Å². The highest BCUT2D eigenvalue weighted by atomic mass is 32.2. The van der Waals surface area contributed by atoms with Crippen molar-refractivity contribution in [2.24, 2.45) is 0 Å². The molecule has 0 bridgehead atoms. The average molecular weight is 324 g/mol. The van der Waals surface area contributed by atoms with E-state index in [1.54, 1.807) is 0 Å². The monoisotopic (exact) mass is 324 g/mol. The predicted octanol–water partition coefficient (Wildman–Crippen LogP) is 1.32. The number of unbranched alkanes of at least 4 members (excludes halogenated alkanes) is 1. The Bertz CT molecular complexity index is 642. The number of nitrogens with zero attached hydrogens (tertiary/aromatic N) is 4. The van der Waals surface area contributed by atoms with E-state index in [4.69, 9.17) is 10.00 Å². The van der Waals surface area contributed by atoms with Crippen LogP contribution in [0.4, 0.5) is 0 Å². The van der Waals surface area contributed by atoms with E-state index in [1.807, 2.05) is 13.0 Å². The van der Waals surface area contributed by atoms with Gasteiger partial charge in [0.15, 0.2) is 0 Å². The summed E-state index contributed by atoms with van der Waals surface area (Å²) in [6.45, 7) is 2.79. The molecule has 0 radical (unpaired) electrons. The van der Waals surface area contributed by atoms with Gasteiger partial charge in [0.2, 0.25) is 15.7 Å². The van der Waals surface area contributed by atoms with Gasteiger partial charge in [-0.05, 0) is 19.3 Å². The standard InChI is InChI=1S/C14H20N4O3S/c1-2-3-9-22(19,20)18-8-4-5-12(11-18)21-14-13(10-15)16-6-7-17-14/h6-7,12H,2-5,8-9,11H2,1H3. The van der Waals surface area contributed by atoms with E-state index in [9.17, 15) is 8.42 Å². The molecule has 1 aromatic heterocycles. The quantitative estimate of drug-likeness (QED) is 0.783. The number of piperidine rings is 1. The summed E-state index contributed by atoms with van der Waals surface area (Å²) < 4.78 is 31.7. The molecule has 8 heteroatoms. The number of aromatic nitrogens is 2. The molecule has 120 valence electrons. The van der Waals surface area contributed by atoms with Gasteiger partial charge in [0.1, 0.15) is 12.2 Å². The smallest absolute Gasteiger partial charge is 0.251 e. The Balaban J connectivity index is 2.03. The third-order valence-electron chi connectivity index (χ3n) is 3.54. The summed E-state index contributed by atoms with van der Waals surface area (Å²) in [5, 5.41) is 8.99. The van der Waals surface area contributed by atoms with Crippen LogP contribution in [0.2, 0.25) is 0 Å². The fourth-order valence-corrected chi connectivity index (χ4v) is 4.07. The highest BCUT2D eigenvalue weighted by molar-refractivity contribution is 7.89. The van der Waals surface area contributed by atoms with Gasteiger partial charge in [-0.15, -0.1) is 0 Å². The molecule has 1 aliphatic heterocycles. The van der Waals surface area contributed by atoms with Gasteiger partial charge in [-0.25, -0.2) is 18.4 Å². The summed E-state index contributed by atoms with van der Waals surface area (Å²) in [5.74, 6) is 0.341. The van der Waals surface area contributed by atoms with Crippen molar-refractivity contribution >= 4 is 10.0 Å². The number of ether oxygens (including phenoxy) is 1. The van der Waals surface area contributed by atoms with Crippen LogP contribution in [0.15, 0.2) is 12.4 Å². The Morgan fingerprint density at radius 2 is 2.23 bits per heavy atom. The first-order valence-electron chi connectivity index (χ1n) is 7.42. The van der Waals surface area contributed by atoms with Crippen molar-refractivity contribution < 1.29 is 13.2 Å². The van der Waals surface area contributed by atoms with Crippen LogP contribution in [0.25, 0.3) is 0 Å².